The summed E-state index contributed by atoms with van der Waals surface area (Å²) in [5, 5.41) is 2.79. The lowest BCUT2D eigenvalue weighted by atomic mass is 9.99. The van der Waals surface area contributed by atoms with Crippen LogP contribution in [0.25, 0.3) is 0 Å². The van der Waals surface area contributed by atoms with Gasteiger partial charge in [0.05, 0.1) is 0 Å². The maximum atomic E-state index is 10.9. The topological polar surface area (TPSA) is 38.3 Å². The minimum atomic E-state index is 0.168. The second-order valence-corrected chi connectivity index (χ2v) is 2.87. The predicted octanol–water partition coefficient (Wildman–Crippen LogP) is 0.549. The first kappa shape index (κ1) is 8.53. The van der Waals surface area contributed by atoms with Crippen molar-refractivity contribution < 1.29 is 9.53 Å². The zero-order chi connectivity index (χ0) is 8.10. The number of carbonyl (C=O) groups excluding carboxylic acids is 1. The van der Waals surface area contributed by atoms with Gasteiger partial charge in [0.2, 0.25) is 5.91 Å². The van der Waals surface area contributed by atoms with Crippen molar-refractivity contribution in [2.24, 2.45) is 5.92 Å². The highest BCUT2D eigenvalue weighted by Gasteiger charge is 2.18. The second-order valence-electron chi connectivity index (χ2n) is 2.87. The highest BCUT2D eigenvalue weighted by atomic mass is 16.5. The van der Waals surface area contributed by atoms with Crippen molar-refractivity contribution in [1.29, 1.82) is 0 Å². The van der Waals surface area contributed by atoms with Gasteiger partial charge in [0.15, 0.2) is 0 Å². The molecule has 0 saturated carbocycles. The Balaban J connectivity index is 2.17. The molecule has 1 amide bonds. The fourth-order valence-corrected chi connectivity index (χ4v) is 1.28. The second kappa shape index (κ2) is 4.34. The van der Waals surface area contributed by atoms with Crippen LogP contribution in [0.3, 0.4) is 0 Å². The number of carbonyl (C=O) groups is 1. The molecular formula is C8H15NO2. The van der Waals surface area contributed by atoms with Crippen LogP contribution in [0.1, 0.15) is 19.8 Å². The van der Waals surface area contributed by atoms with Crippen molar-refractivity contribution in [3.63, 3.8) is 0 Å². The molecule has 1 rings (SSSR count). The molecule has 1 atom stereocenters. The highest BCUT2D eigenvalue weighted by Crippen LogP contribution is 2.12. The molecule has 0 aromatic rings. The van der Waals surface area contributed by atoms with Crippen molar-refractivity contribution in [2.45, 2.75) is 19.8 Å². The van der Waals surface area contributed by atoms with Gasteiger partial charge in [0, 0.05) is 26.2 Å². The van der Waals surface area contributed by atoms with E-state index < -0.39 is 0 Å². The van der Waals surface area contributed by atoms with E-state index in [1.165, 1.54) is 0 Å². The van der Waals surface area contributed by atoms with Gasteiger partial charge in [0.25, 0.3) is 0 Å². The molecular weight excluding hydrogens is 142 g/mol. The molecule has 0 radical (unpaired) electrons. The van der Waals surface area contributed by atoms with Crippen LogP contribution in [-0.2, 0) is 9.53 Å². The van der Waals surface area contributed by atoms with Crippen molar-refractivity contribution >= 4 is 5.91 Å². The van der Waals surface area contributed by atoms with Crippen LogP contribution in [0.5, 0.6) is 0 Å². The lowest BCUT2D eigenvalue weighted by Crippen LogP contribution is -2.35. The summed E-state index contributed by atoms with van der Waals surface area (Å²) in [6.45, 7) is 4.28. The molecule has 0 aromatic heterocycles. The number of amides is 1. The van der Waals surface area contributed by atoms with Gasteiger partial charge in [-0.05, 0) is 19.3 Å². The maximum Gasteiger partial charge on any atom is 0.220 e. The lowest BCUT2D eigenvalue weighted by molar-refractivity contribution is -0.124. The van der Waals surface area contributed by atoms with E-state index in [0.29, 0.717) is 12.3 Å². The Labute approximate surface area is 67.1 Å². The molecule has 11 heavy (non-hydrogen) atoms. The van der Waals surface area contributed by atoms with Crippen LogP contribution in [0, 0.1) is 5.92 Å². The number of nitrogens with one attached hydrogen (secondary N) is 1. The van der Waals surface area contributed by atoms with Gasteiger partial charge in [-0.25, -0.2) is 0 Å². The third kappa shape index (κ3) is 2.89. The Hall–Kier alpha value is -0.570. The predicted molar refractivity (Wildman–Crippen MR) is 42.2 cm³/mol. The summed E-state index contributed by atoms with van der Waals surface area (Å²) in [7, 11) is 0. The molecule has 3 heteroatoms. The fraction of sp³-hybridized carbons (Fsp3) is 0.875. The van der Waals surface area contributed by atoms with Crippen molar-refractivity contribution in [1.82, 2.24) is 5.32 Å². The molecule has 1 aliphatic heterocycles. The molecule has 1 saturated heterocycles. The third-order valence-corrected chi connectivity index (χ3v) is 1.91. The van der Waals surface area contributed by atoms with Gasteiger partial charge < -0.3 is 10.1 Å². The van der Waals surface area contributed by atoms with Crippen molar-refractivity contribution in [3.05, 3.63) is 0 Å². The van der Waals surface area contributed by atoms with Crippen molar-refractivity contribution in [2.75, 3.05) is 19.8 Å². The van der Waals surface area contributed by atoms with Crippen molar-refractivity contribution in [3.8, 4) is 0 Å². The van der Waals surface area contributed by atoms with Crippen LogP contribution in [0.2, 0.25) is 0 Å². The van der Waals surface area contributed by atoms with Gasteiger partial charge in [-0.2, -0.15) is 0 Å². The fourth-order valence-electron chi connectivity index (χ4n) is 1.28. The van der Waals surface area contributed by atoms with E-state index in [1.807, 2.05) is 6.92 Å². The third-order valence-electron chi connectivity index (χ3n) is 1.91. The first-order chi connectivity index (χ1) is 5.33. The van der Waals surface area contributed by atoms with Crippen LogP contribution in [-0.4, -0.2) is 25.7 Å². The summed E-state index contributed by atoms with van der Waals surface area (Å²) in [6.07, 6.45) is 1.70. The first-order valence-electron chi connectivity index (χ1n) is 4.17. The lowest BCUT2D eigenvalue weighted by Gasteiger charge is -2.21. The van der Waals surface area contributed by atoms with E-state index in [-0.39, 0.29) is 5.91 Å². The number of rotatable bonds is 3. The quantitative estimate of drug-likeness (QED) is 0.649. The minimum Gasteiger partial charge on any atom is -0.381 e. The Morgan fingerprint density at radius 2 is 2.55 bits per heavy atom. The van der Waals surface area contributed by atoms with Crippen LogP contribution >= 0.6 is 0 Å². The monoisotopic (exact) mass is 157 g/mol. The van der Waals surface area contributed by atoms with Gasteiger partial charge >= 0.3 is 0 Å². The van der Waals surface area contributed by atoms with E-state index in [1.54, 1.807) is 0 Å². The SMILES string of the molecule is CCOCC1CCNC(=O)C1. The van der Waals surface area contributed by atoms with E-state index in [9.17, 15) is 4.79 Å². The van der Waals surface area contributed by atoms with Gasteiger partial charge in [-0.15, -0.1) is 0 Å². The van der Waals surface area contributed by atoms with Gasteiger partial charge in [-0.3, -0.25) is 4.79 Å². The molecule has 1 heterocycles. The number of hydrogen-bond acceptors (Lipinski definition) is 2. The minimum absolute atomic E-state index is 0.168. The largest absolute Gasteiger partial charge is 0.381 e. The Kier molecular flexibility index (Phi) is 3.36. The molecule has 1 aliphatic rings. The Morgan fingerprint density at radius 3 is 3.18 bits per heavy atom. The average molecular weight is 157 g/mol. The van der Waals surface area contributed by atoms with Gasteiger partial charge in [-0.1, -0.05) is 0 Å². The summed E-state index contributed by atoms with van der Waals surface area (Å²) in [5.41, 5.74) is 0. The van der Waals surface area contributed by atoms with Gasteiger partial charge in [0.1, 0.15) is 0 Å². The highest BCUT2D eigenvalue weighted by molar-refractivity contribution is 5.76. The van der Waals surface area contributed by atoms with E-state index >= 15 is 0 Å². The first-order valence-corrected chi connectivity index (χ1v) is 4.17. The molecule has 0 spiro atoms. The summed E-state index contributed by atoms with van der Waals surface area (Å²) < 4.78 is 5.24. The zero-order valence-electron chi connectivity index (χ0n) is 6.93. The molecule has 0 bridgehead atoms. The summed E-state index contributed by atoms with van der Waals surface area (Å²) in [5.74, 6) is 0.615. The average Bonchev–Trinajstić information content (AvgIpc) is 2.01. The molecule has 3 nitrogen and oxygen atoms in total. The Bertz CT molecular complexity index is 136. The smallest absolute Gasteiger partial charge is 0.220 e. The molecule has 0 aromatic carbocycles. The normalized spacial score (nSPS) is 24.8. The standard InChI is InChI=1S/C8H15NO2/c1-2-11-6-7-3-4-9-8(10)5-7/h7H,2-6H2,1H3,(H,9,10). The summed E-state index contributed by atoms with van der Waals surface area (Å²) >= 11 is 0. The van der Waals surface area contributed by atoms with E-state index in [2.05, 4.69) is 5.32 Å². The molecule has 64 valence electrons. The van der Waals surface area contributed by atoms with Crippen LogP contribution < -0.4 is 5.32 Å². The maximum absolute atomic E-state index is 10.9. The summed E-state index contributed by atoms with van der Waals surface area (Å²) in [6, 6.07) is 0. The number of hydrogen-bond donors (Lipinski definition) is 1. The molecule has 0 aliphatic carbocycles. The van der Waals surface area contributed by atoms with Crippen LogP contribution in [0.15, 0.2) is 0 Å². The van der Waals surface area contributed by atoms with E-state index in [4.69, 9.17) is 4.74 Å². The molecule has 1 unspecified atom stereocenters. The van der Waals surface area contributed by atoms with E-state index in [0.717, 1.165) is 26.2 Å². The molecule has 1 N–H and O–H groups in total. The Morgan fingerprint density at radius 1 is 1.73 bits per heavy atom. The number of piperidine rings is 1. The molecule has 1 fully saturated rings. The van der Waals surface area contributed by atoms with Crippen LogP contribution in [0.4, 0.5) is 0 Å². The number of ether oxygens (including phenoxy) is 1. The summed E-state index contributed by atoms with van der Waals surface area (Å²) in [4.78, 5) is 10.9. The zero-order valence-corrected chi connectivity index (χ0v) is 6.93.